The SMILES string of the molecule is COCCNS(=O)(=O)c1ccc(C)c(C(=O)NC(C)c2ncc(-c3ccccc3)[nH]2)c1. The summed E-state index contributed by atoms with van der Waals surface area (Å²) >= 11 is 0. The van der Waals surface area contributed by atoms with E-state index < -0.39 is 16.1 Å². The number of methoxy groups -OCH3 is 1. The van der Waals surface area contributed by atoms with E-state index in [4.69, 9.17) is 4.74 Å². The molecule has 1 aromatic heterocycles. The second-order valence-electron chi connectivity index (χ2n) is 7.11. The van der Waals surface area contributed by atoms with Gasteiger partial charge in [-0.1, -0.05) is 36.4 Å². The smallest absolute Gasteiger partial charge is 0.252 e. The number of imidazole rings is 1. The van der Waals surface area contributed by atoms with Crippen molar-refractivity contribution in [3.8, 4) is 11.3 Å². The molecule has 3 aromatic rings. The molecule has 0 saturated carbocycles. The fraction of sp³-hybridized carbons (Fsp3) is 0.273. The third kappa shape index (κ3) is 5.57. The molecule has 31 heavy (non-hydrogen) atoms. The Hall–Kier alpha value is -3.01. The van der Waals surface area contributed by atoms with Gasteiger partial charge in [-0.2, -0.15) is 0 Å². The molecule has 3 rings (SSSR count). The first-order chi connectivity index (χ1) is 14.8. The molecule has 2 aromatic carbocycles. The Morgan fingerprint density at radius 2 is 1.94 bits per heavy atom. The highest BCUT2D eigenvalue weighted by Crippen LogP contribution is 2.20. The molecular formula is C22H26N4O4S. The number of amides is 1. The number of rotatable bonds is 9. The lowest BCUT2D eigenvalue weighted by Gasteiger charge is -2.14. The second-order valence-corrected chi connectivity index (χ2v) is 8.88. The fourth-order valence-corrected chi connectivity index (χ4v) is 4.08. The van der Waals surface area contributed by atoms with Gasteiger partial charge >= 0.3 is 0 Å². The minimum absolute atomic E-state index is 0.0244. The molecule has 9 heteroatoms. The number of nitrogens with zero attached hydrogens (tertiary/aromatic N) is 1. The zero-order valence-electron chi connectivity index (χ0n) is 17.7. The van der Waals surface area contributed by atoms with Gasteiger partial charge in [0.25, 0.3) is 5.91 Å². The summed E-state index contributed by atoms with van der Waals surface area (Å²) in [5.74, 6) is 0.228. The average molecular weight is 443 g/mol. The number of hydrogen-bond acceptors (Lipinski definition) is 5. The zero-order valence-corrected chi connectivity index (χ0v) is 18.5. The van der Waals surface area contributed by atoms with E-state index in [0.29, 0.717) is 11.4 Å². The maximum absolute atomic E-state index is 12.9. The predicted molar refractivity (Wildman–Crippen MR) is 118 cm³/mol. The molecule has 0 radical (unpaired) electrons. The fourth-order valence-electron chi connectivity index (χ4n) is 3.04. The highest BCUT2D eigenvalue weighted by molar-refractivity contribution is 7.89. The van der Waals surface area contributed by atoms with E-state index in [2.05, 4.69) is 20.0 Å². The summed E-state index contributed by atoms with van der Waals surface area (Å²) in [6.45, 7) is 3.97. The number of benzene rings is 2. The van der Waals surface area contributed by atoms with Crippen molar-refractivity contribution >= 4 is 15.9 Å². The lowest BCUT2D eigenvalue weighted by molar-refractivity contribution is 0.0937. The minimum Gasteiger partial charge on any atom is -0.383 e. The molecule has 1 unspecified atom stereocenters. The van der Waals surface area contributed by atoms with Gasteiger partial charge < -0.3 is 15.0 Å². The number of nitrogens with one attached hydrogen (secondary N) is 3. The van der Waals surface area contributed by atoms with Crippen molar-refractivity contribution in [2.75, 3.05) is 20.3 Å². The number of aromatic amines is 1. The van der Waals surface area contributed by atoms with Crippen molar-refractivity contribution in [2.45, 2.75) is 24.8 Å². The lowest BCUT2D eigenvalue weighted by atomic mass is 10.1. The first-order valence-corrected chi connectivity index (χ1v) is 11.3. The van der Waals surface area contributed by atoms with Gasteiger partial charge in [-0.05, 0) is 37.1 Å². The van der Waals surface area contributed by atoms with Crippen LogP contribution in [-0.2, 0) is 14.8 Å². The monoisotopic (exact) mass is 442 g/mol. The van der Waals surface area contributed by atoms with Crippen LogP contribution in [0, 0.1) is 6.92 Å². The Balaban J connectivity index is 1.75. The van der Waals surface area contributed by atoms with Crippen LogP contribution in [-0.4, -0.2) is 44.6 Å². The van der Waals surface area contributed by atoms with E-state index in [9.17, 15) is 13.2 Å². The number of ether oxygens (including phenoxy) is 1. The Labute approximate surface area is 182 Å². The van der Waals surface area contributed by atoms with Crippen LogP contribution in [0.1, 0.15) is 34.7 Å². The molecule has 1 atom stereocenters. The number of sulfonamides is 1. The van der Waals surface area contributed by atoms with Crippen LogP contribution in [0.4, 0.5) is 0 Å². The van der Waals surface area contributed by atoms with Crippen molar-refractivity contribution in [1.82, 2.24) is 20.0 Å². The predicted octanol–water partition coefficient (Wildman–Crippen LogP) is 2.80. The Bertz CT molecular complexity index is 1140. The largest absolute Gasteiger partial charge is 0.383 e. The van der Waals surface area contributed by atoms with E-state index in [-0.39, 0.29) is 29.5 Å². The Morgan fingerprint density at radius 3 is 2.65 bits per heavy atom. The van der Waals surface area contributed by atoms with Crippen molar-refractivity contribution in [3.05, 3.63) is 71.7 Å². The topological polar surface area (TPSA) is 113 Å². The molecule has 0 aliphatic carbocycles. The van der Waals surface area contributed by atoms with Gasteiger partial charge in [0.05, 0.1) is 29.4 Å². The van der Waals surface area contributed by atoms with E-state index >= 15 is 0 Å². The summed E-state index contributed by atoms with van der Waals surface area (Å²) in [6, 6.07) is 13.8. The van der Waals surface area contributed by atoms with Gasteiger partial charge in [0.15, 0.2) is 0 Å². The second kappa shape index (κ2) is 9.86. The van der Waals surface area contributed by atoms with Crippen molar-refractivity contribution in [1.29, 1.82) is 0 Å². The molecule has 1 heterocycles. The van der Waals surface area contributed by atoms with Crippen LogP contribution < -0.4 is 10.0 Å². The van der Waals surface area contributed by atoms with Gasteiger partial charge in [-0.3, -0.25) is 4.79 Å². The highest BCUT2D eigenvalue weighted by atomic mass is 32.2. The van der Waals surface area contributed by atoms with Crippen molar-refractivity contribution < 1.29 is 17.9 Å². The molecule has 164 valence electrons. The van der Waals surface area contributed by atoms with Gasteiger partial charge in [0.1, 0.15) is 5.82 Å². The van der Waals surface area contributed by atoms with E-state index in [0.717, 1.165) is 11.3 Å². The first-order valence-electron chi connectivity index (χ1n) is 9.82. The number of aryl methyl sites for hydroxylation is 1. The normalized spacial score (nSPS) is 12.5. The highest BCUT2D eigenvalue weighted by Gasteiger charge is 2.20. The van der Waals surface area contributed by atoms with Crippen molar-refractivity contribution in [3.63, 3.8) is 0 Å². The number of aromatic nitrogens is 2. The third-order valence-corrected chi connectivity index (χ3v) is 6.26. The number of carbonyl (C=O) groups excluding carboxylic acids is 1. The molecule has 0 bridgehead atoms. The maximum atomic E-state index is 12.9. The van der Waals surface area contributed by atoms with Crippen LogP contribution in [0.3, 0.4) is 0 Å². The van der Waals surface area contributed by atoms with Crippen LogP contribution >= 0.6 is 0 Å². The van der Waals surface area contributed by atoms with Gasteiger partial charge in [0.2, 0.25) is 10.0 Å². The molecule has 3 N–H and O–H groups in total. The summed E-state index contributed by atoms with van der Waals surface area (Å²) in [5, 5.41) is 2.88. The first kappa shape index (κ1) is 22.7. The number of H-pyrrole nitrogens is 1. The average Bonchev–Trinajstić information content (AvgIpc) is 3.25. The van der Waals surface area contributed by atoms with Gasteiger partial charge in [-0.15, -0.1) is 0 Å². The molecule has 0 spiro atoms. The number of carbonyl (C=O) groups is 1. The summed E-state index contributed by atoms with van der Waals surface area (Å²) in [4.78, 5) is 20.5. The quantitative estimate of drug-likeness (QED) is 0.441. The Kier molecular flexibility index (Phi) is 7.21. The molecule has 8 nitrogen and oxygen atoms in total. The summed E-state index contributed by atoms with van der Waals surface area (Å²) in [6.07, 6.45) is 1.72. The van der Waals surface area contributed by atoms with Crippen molar-refractivity contribution in [2.24, 2.45) is 0 Å². The van der Waals surface area contributed by atoms with Crippen LogP contribution in [0.5, 0.6) is 0 Å². The molecular weight excluding hydrogens is 416 g/mol. The lowest BCUT2D eigenvalue weighted by Crippen LogP contribution is -2.29. The standard InChI is InChI=1S/C22H26N4O4S/c1-15-9-10-18(31(28,29)24-11-12-30-3)13-19(15)22(27)25-16(2)21-23-14-20(26-21)17-7-5-4-6-8-17/h4-10,13-14,16,24H,11-12H2,1-3H3,(H,23,26)(H,25,27). The van der Waals surface area contributed by atoms with E-state index in [1.165, 1.54) is 19.2 Å². The molecule has 0 fully saturated rings. The molecule has 0 aliphatic rings. The van der Waals surface area contributed by atoms with E-state index in [1.54, 1.807) is 19.2 Å². The third-order valence-electron chi connectivity index (χ3n) is 4.80. The minimum atomic E-state index is -3.74. The van der Waals surface area contributed by atoms with Crippen LogP contribution in [0.2, 0.25) is 0 Å². The number of hydrogen-bond donors (Lipinski definition) is 3. The van der Waals surface area contributed by atoms with E-state index in [1.807, 2.05) is 37.3 Å². The van der Waals surface area contributed by atoms with Gasteiger partial charge in [0, 0.05) is 19.2 Å². The Morgan fingerprint density at radius 1 is 1.19 bits per heavy atom. The van der Waals surface area contributed by atoms with Crippen LogP contribution in [0.25, 0.3) is 11.3 Å². The molecule has 0 saturated heterocycles. The summed E-state index contributed by atoms with van der Waals surface area (Å²) in [5.41, 5.74) is 2.80. The molecule has 1 amide bonds. The van der Waals surface area contributed by atoms with Crippen LogP contribution in [0.15, 0.2) is 59.6 Å². The van der Waals surface area contributed by atoms with Gasteiger partial charge in [-0.25, -0.2) is 18.1 Å². The molecule has 0 aliphatic heterocycles. The zero-order chi connectivity index (χ0) is 22.4. The maximum Gasteiger partial charge on any atom is 0.252 e. The summed E-state index contributed by atoms with van der Waals surface area (Å²) < 4.78 is 32.2. The summed E-state index contributed by atoms with van der Waals surface area (Å²) in [7, 11) is -2.25.